The van der Waals surface area contributed by atoms with E-state index in [-0.39, 0.29) is 18.1 Å². The minimum atomic E-state index is -1.27. The standard InChI is InChI=1S/C13H11NO5/c15-10-6-19-9-2-1-7(5-8(9)14-10)11(16)13(3-4-13)12(17)18/h1-2,5H,3-4,6H2,(H,14,15)(H,17,18). The van der Waals surface area contributed by atoms with Gasteiger partial charge < -0.3 is 15.2 Å². The SMILES string of the molecule is O=C1COc2ccc(C(=O)C3(C(=O)O)CC3)cc2N1. The van der Waals surface area contributed by atoms with Gasteiger partial charge in [0.25, 0.3) is 5.91 Å². The van der Waals surface area contributed by atoms with E-state index in [1.54, 1.807) is 6.07 Å². The molecule has 2 aliphatic rings. The maximum Gasteiger partial charge on any atom is 0.317 e. The van der Waals surface area contributed by atoms with E-state index in [4.69, 9.17) is 9.84 Å². The predicted molar refractivity (Wildman–Crippen MR) is 64.2 cm³/mol. The number of anilines is 1. The normalized spacial score (nSPS) is 18.8. The molecule has 0 saturated heterocycles. The number of hydrogen-bond donors (Lipinski definition) is 2. The van der Waals surface area contributed by atoms with E-state index in [1.807, 2.05) is 0 Å². The summed E-state index contributed by atoms with van der Waals surface area (Å²) in [5.41, 5.74) is -0.582. The summed E-state index contributed by atoms with van der Waals surface area (Å²) in [6, 6.07) is 4.57. The smallest absolute Gasteiger partial charge is 0.317 e. The lowest BCUT2D eigenvalue weighted by Gasteiger charge is -2.19. The van der Waals surface area contributed by atoms with E-state index in [9.17, 15) is 14.4 Å². The van der Waals surface area contributed by atoms with Crippen LogP contribution in [0.4, 0.5) is 5.69 Å². The molecule has 1 aromatic carbocycles. The topological polar surface area (TPSA) is 92.7 Å². The Bertz CT molecular complexity index is 603. The van der Waals surface area contributed by atoms with Crippen LogP contribution in [0.5, 0.6) is 5.75 Å². The van der Waals surface area contributed by atoms with Crippen LogP contribution in [0.3, 0.4) is 0 Å². The third kappa shape index (κ3) is 1.76. The highest BCUT2D eigenvalue weighted by Gasteiger charge is 2.56. The van der Waals surface area contributed by atoms with Crippen molar-refractivity contribution in [3.63, 3.8) is 0 Å². The lowest BCUT2D eigenvalue weighted by atomic mass is 9.94. The highest BCUT2D eigenvalue weighted by atomic mass is 16.5. The van der Waals surface area contributed by atoms with Gasteiger partial charge in [0.15, 0.2) is 12.4 Å². The van der Waals surface area contributed by atoms with Crippen LogP contribution in [-0.4, -0.2) is 29.4 Å². The van der Waals surface area contributed by atoms with Gasteiger partial charge in [-0.15, -0.1) is 0 Å². The second-order valence-electron chi connectivity index (χ2n) is 4.76. The highest BCUT2D eigenvalue weighted by Crippen LogP contribution is 2.49. The summed E-state index contributed by atoms with van der Waals surface area (Å²) in [5, 5.41) is 11.7. The first-order valence-electron chi connectivity index (χ1n) is 5.88. The van der Waals surface area contributed by atoms with E-state index in [0.29, 0.717) is 24.3 Å². The maximum atomic E-state index is 12.2. The van der Waals surface area contributed by atoms with Crippen molar-refractivity contribution in [2.45, 2.75) is 12.8 Å². The molecular formula is C13H11NO5. The molecule has 19 heavy (non-hydrogen) atoms. The molecule has 1 heterocycles. The summed E-state index contributed by atoms with van der Waals surface area (Å²) in [5.74, 6) is -1.31. The van der Waals surface area contributed by atoms with Gasteiger partial charge in [-0.2, -0.15) is 0 Å². The van der Waals surface area contributed by atoms with Crippen molar-refractivity contribution in [3.05, 3.63) is 23.8 Å². The Kier molecular flexibility index (Phi) is 2.35. The van der Waals surface area contributed by atoms with Gasteiger partial charge in [-0.3, -0.25) is 14.4 Å². The molecule has 3 rings (SSSR count). The Morgan fingerprint density at radius 3 is 2.68 bits per heavy atom. The molecule has 0 atom stereocenters. The molecule has 2 N–H and O–H groups in total. The van der Waals surface area contributed by atoms with Gasteiger partial charge >= 0.3 is 5.97 Å². The molecule has 1 aliphatic heterocycles. The zero-order chi connectivity index (χ0) is 13.6. The number of hydrogen-bond acceptors (Lipinski definition) is 4. The number of benzene rings is 1. The summed E-state index contributed by atoms with van der Waals surface area (Å²) in [7, 11) is 0. The number of nitrogens with one attached hydrogen (secondary N) is 1. The van der Waals surface area contributed by atoms with Gasteiger partial charge in [0.05, 0.1) is 5.69 Å². The fourth-order valence-electron chi connectivity index (χ4n) is 2.16. The third-order valence-electron chi connectivity index (χ3n) is 3.47. The van der Waals surface area contributed by atoms with Crippen LogP contribution in [0.25, 0.3) is 0 Å². The molecule has 1 fully saturated rings. The first kappa shape index (κ1) is 11.7. The van der Waals surface area contributed by atoms with Gasteiger partial charge in [0.1, 0.15) is 11.2 Å². The highest BCUT2D eigenvalue weighted by molar-refractivity contribution is 6.15. The van der Waals surface area contributed by atoms with Crippen LogP contribution in [0.1, 0.15) is 23.2 Å². The van der Waals surface area contributed by atoms with Crippen LogP contribution in [0, 0.1) is 5.41 Å². The molecule has 6 heteroatoms. The predicted octanol–water partition coefficient (Wildman–Crippen LogP) is 1.06. The number of carboxylic acids is 1. The number of fused-ring (bicyclic) bond motifs is 1. The van der Waals surface area contributed by atoms with Crippen molar-refractivity contribution in [2.75, 3.05) is 11.9 Å². The first-order chi connectivity index (χ1) is 9.03. The first-order valence-corrected chi connectivity index (χ1v) is 5.88. The van der Waals surface area contributed by atoms with Crippen molar-refractivity contribution in [1.82, 2.24) is 0 Å². The van der Waals surface area contributed by atoms with E-state index >= 15 is 0 Å². The van der Waals surface area contributed by atoms with Crippen LogP contribution in [-0.2, 0) is 9.59 Å². The molecular weight excluding hydrogens is 250 g/mol. The van der Waals surface area contributed by atoms with E-state index in [2.05, 4.69) is 5.32 Å². The molecule has 6 nitrogen and oxygen atoms in total. The third-order valence-corrected chi connectivity index (χ3v) is 3.47. The van der Waals surface area contributed by atoms with Crippen LogP contribution in [0.2, 0.25) is 0 Å². The quantitative estimate of drug-likeness (QED) is 0.627. The number of ether oxygens (including phenoxy) is 1. The molecule has 1 aliphatic carbocycles. The number of carboxylic acid groups (broad SMARTS) is 1. The fraction of sp³-hybridized carbons (Fsp3) is 0.308. The van der Waals surface area contributed by atoms with Gasteiger partial charge in [-0.1, -0.05) is 0 Å². The van der Waals surface area contributed by atoms with Gasteiger partial charge in [0, 0.05) is 5.56 Å². The monoisotopic (exact) mass is 261 g/mol. The largest absolute Gasteiger partial charge is 0.482 e. The van der Waals surface area contributed by atoms with Crippen molar-refractivity contribution < 1.29 is 24.2 Å². The summed E-state index contributed by atoms with van der Waals surface area (Å²) in [6.45, 7) is -0.0562. The number of Topliss-reactive ketones (excluding diaryl/α,β-unsaturated/α-hetero) is 1. The summed E-state index contributed by atoms with van der Waals surface area (Å²) in [6.07, 6.45) is 0.724. The zero-order valence-electron chi connectivity index (χ0n) is 9.93. The molecule has 0 unspecified atom stereocenters. The molecule has 0 radical (unpaired) electrons. The van der Waals surface area contributed by atoms with Gasteiger partial charge in [0.2, 0.25) is 0 Å². The number of carbonyl (C=O) groups excluding carboxylic acids is 2. The van der Waals surface area contributed by atoms with Crippen LogP contribution in [0.15, 0.2) is 18.2 Å². The fourth-order valence-corrected chi connectivity index (χ4v) is 2.16. The number of carbonyl (C=O) groups is 3. The molecule has 1 amide bonds. The number of aliphatic carboxylic acids is 1. The molecule has 1 aromatic rings. The van der Waals surface area contributed by atoms with E-state index in [0.717, 1.165) is 0 Å². The van der Waals surface area contributed by atoms with Crippen molar-refractivity contribution in [1.29, 1.82) is 0 Å². The lowest BCUT2D eigenvalue weighted by Crippen LogP contribution is -2.27. The minimum Gasteiger partial charge on any atom is -0.482 e. The summed E-state index contributed by atoms with van der Waals surface area (Å²) < 4.78 is 5.18. The average molecular weight is 261 g/mol. The number of rotatable bonds is 3. The van der Waals surface area contributed by atoms with Crippen molar-refractivity contribution in [3.8, 4) is 5.75 Å². The maximum absolute atomic E-state index is 12.2. The number of amides is 1. The Morgan fingerprint density at radius 1 is 1.32 bits per heavy atom. The minimum absolute atomic E-state index is 0.0562. The second kappa shape index (κ2) is 3.81. The van der Waals surface area contributed by atoms with Crippen LogP contribution >= 0.6 is 0 Å². The Balaban J connectivity index is 1.95. The van der Waals surface area contributed by atoms with E-state index < -0.39 is 17.2 Å². The van der Waals surface area contributed by atoms with E-state index in [1.165, 1.54) is 12.1 Å². The van der Waals surface area contributed by atoms with Gasteiger partial charge in [-0.05, 0) is 31.0 Å². The van der Waals surface area contributed by atoms with Gasteiger partial charge in [-0.25, -0.2) is 0 Å². The van der Waals surface area contributed by atoms with Crippen molar-refractivity contribution >= 4 is 23.3 Å². The zero-order valence-corrected chi connectivity index (χ0v) is 9.93. The Labute approximate surface area is 108 Å². The molecule has 1 saturated carbocycles. The van der Waals surface area contributed by atoms with Crippen molar-refractivity contribution in [2.24, 2.45) is 5.41 Å². The number of ketones is 1. The molecule has 0 spiro atoms. The molecule has 98 valence electrons. The second-order valence-corrected chi connectivity index (χ2v) is 4.76. The average Bonchev–Trinajstić information content (AvgIpc) is 3.18. The Morgan fingerprint density at radius 2 is 2.05 bits per heavy atom. The molecule has 0 aromatic heterocycles. The summed E-state index contributed by atoms with van der Waals surface area (Å²) in [4.78, 5) is 34.5. The lowest BCUT2D eigenvalue weighted by molar-refractivity contribution is -0.141. The Hall–Kier alpha value is -2.37. The van der Waals surface area contributed by atoms with Crippen LogP contribution < -0.4 is 10.1 Å². The summed E-state index contributed by atoms with van der Waals surface area (Å²) >= 11 is 0. The molecule has 0 bridgehead atoms.